The first-order chi connectivity index (χ1) is 9.86. The first kappa shape index (κ1) is 12.7. The van der Waals surface area contributed by atoms with Gasteiger partial charge in [0.05, 0.1) is 11.6 Å². The number of rotatable bonds is 3. The predicted molar refractivity (Wildman–Crippen MR) is 71.2 cm³/mol. The Morgan fingerprint density at radius 3 is 2.90 bits per heavy atom. The molecule has 0 saturated carbocycles. The molecule has 1 aliphatic rings. The molecule has 101 valence electrons. The van der Waals surface area contributed by atoms with Crippen LogP contribution in [0, 0.1) is 17.5 Å². The van der Waals surface area contributed by atoms with E-state index < -0.39 is 0 Å². The number of nitrogens with zero attached hydrogens (tertiary/aromatic N) is 2. The first-order valence-electron chi connectivity index (χ1n) is 6.62. The maximum absolute atomic E-state index is 8.77. The number of aromatic amines is 1. The minimum absolute atomic E-state index is 0.00381. The van der Waals surface area contributed by atoms with Crippen molar-refractivity contribution in [1.29, 1.82) is 5.26 Å². The predicted octanol–water partition coefficient (Wildman–Crippen LogP) is 3.12. The summed E-state index contributed by atoms with van der Waals surface area (Å²) in [6.07, 6.45) is 6.00. The number of nitrogens with one attached hydrogen (secondary N) is 1. The zero-order valence-electron chi connectivity index (χ0n) is 10.9. The maximum atomic E-state index is 8.77. The highest BCUT2D eigenvalue weighted by atomic mass is 16.5. The highest BCUT2D eigenvalue weighted by molar-refractivity contribution is 5.38. The van der Waals surface area contributed by atoms with Crippen LogP contribution in [0.25, 0.3) is 0 Å². The molecule has 1 atom stereocenters. The van der Waals surface area contributed by atoms with Gasteiger partial charge in [-0.3, -0.25) is 5.10 Å². The van der Waals surface area contributed by atoms with E-state index in [4.69, 9.17) is 14.7 Å². The number of hydrogen-bond donors (Lipinski definition) is 1. The van der Waals surface area contributed by atoms with E-state index in [2.05, 4.69) is 22.5 Å². The van der Waals surface area contributed by atoms with E-state index in [0.29, 0.717) is 17.1 Å². The Morgan fingerprint density at radius 2 is 2.20 bits per heavy atom. The third-order valence-corrected chi connectivity index (χ3v) is 3.28. The van der Waals surface area contributed by atoms with Crippen molar-refractivity contribution in [2.24, 2.45) is 0 Å². The van der Waals surface area contributed by atoms with E-state index in [1.165, 1.54) is 0 Å². The fraction of sp³-hybridized carbons (Fsp3) is 0.333. The lowest BCUT2D eigenvalue weighted by Gasteiger charge is -2.22. The minimum Gasteiger partial charge on any atom is -0.453 e. The van der Waals surface area contributed by atoms with Gasteiger partial charge < -0.3 is 9.47 Å². The Bertz CT molecular complexity index is 607. The van der Waals surface area contributed by atoms with Crippen molar-refractivity contribution in [3.05, 3.63) is 41.7 Å². The summed E-state index contributed by atoms with van der Waals surface area (Å²) in [7, 11) is 0. The average molecular weight is 268 g/mol. The van der Waals surface area contributed by atoms with Crippen LogP contribution < -0.4 is 4.74 Å². The van der Waals surface area contributed by atoms with E-state index >= 15 is 0 Å². The Kier molecular flexibility index (Phi) is 3.66. The molecule has 1 aromatic carbocycles. The van der Waals surface area contributed by atoms with Crippen LogP contribution in [0.4, 0.5) is 0 Å². The molecule has 2 aromatic rings. The first-order valence-corrected chi connectivity index (χ1v) is 6.62. The number of ether oxygens (including phenoxy) is 2. The van der Waals surface area contributed by atoms with Gasteiger partial charge in [0.1, 0.15) is 17.5 Å². The van der Waals surface area contributed by atoms with Gasteiger partial charge in [0.15, 0.2) is 11.9 Å². The van der Waals surface area contributed by atoms with Gasteiger partial charge in [-0.25, -0.2) is 0 Å². The molecule has 1 fully saturated rings. The van der Waals surface area contributed by atoms with Crippen molar-refractivity contribution in [2.45, 2.75) is 25.4 Å². The van der Waals surface area contributed by atoms with Crippen molar-refractivity contribution < 1.29 is 9.47 Å². The Balaban J connectivity index is 1.77. The molecule has 5 heteroatoms. The van der Waals surface area contributed by atoms with Crippen molar-refractivity contribution in [3.63, 3.8) is 0 Å². The van der Waals surface area contributed by atoms with Crippen LogP contribution in [0.15, 0.2) is 24.3 Å². The number of hydrogen-bond acceptors (Lipinski definition) is 4. The fourth-order valence-corrected chi connectivity index (χ4v) is 2.23. The average Bonchev–Trinajstić information content (AvgIpc) is 2.97. The number of H-pyrrole nitrogens is 1. The van der Waals surface area contributed by atoms with Crippen LogP contribution >= 0.6 is 0 Å². The van der Waals surface area contributed by atoms with Crippen molar-refractivity contribution in [2.75, 3.05) is 6.61 Å². The van der Waals surface area contributed by atoms with Gasteiger partial charge in [-0.05, 0) is 43.5 Å². The van der Waals surface area contributed by atoms with E-state index in [-0.39, 0.29) is 6.10 Å². The van der Waals surface area contributed by atoms with Gasteiger partial charge in [0.2, 0.25) is 0 Å². The lowest BCUT2D eigenvalue weighted by atomic mass is 10.1. The molecular formula is C15H14N3O2. The molecule has 0 bridgehead atoms. The molecule has 0 spiro atoms. The Labute approximate surface area is 117 Å². The summed E-state index contributed by atoms with van der Waals surface area (Å²) in [5.74, 6) is 1.21. The second-order valence-corrected chi connectivity index (χ2v) is 4.67. The van der Waals surface area contributed by atoms with E-state index in [1.807, 2.05) is 0 Å². The molecule has 1 aliphatic heterocycles. The van der Waals surface area contributed by atoms with Crippen LogP contribution in [0.1, 0.15) is 36.6 Å². The van der Waals surface area contributed by atoms with E-state index in [1.54, 1.807) is 24.3 Å². The monoisotopic (exact) mass is 268 g/mol. The van der Waals surface area contributed by atoms with Crippen LogP contribution in [0.5, 0.6) is 11.5 Å². The van der Waals surface area contributed by atoms with Crippen LogP contribution in [-0.2, 0) is 4.74 Å². The van der Waals surface area contributed by atoms with Crippen molar-refractivity contribution in [1.82, 2.24) is 10.2 Å². The summed E-state index contributed by atoms with van der Waals surface area (Å²) in [4.78, 5) is 0. The zero-order valence-corrected chi connectivity index (χ0v) is 10.9. The highest BCUT2D eigenvalue weighted by Crippen LogP contribution is 2.34. The molecule has 1 N–H and O–H groups in total. The molecular weight excluding hydrogens is 254 g/mol. The molecule has 0 aliphatic carbocycles. The lowest BCUT2D eigenvalue weighted by molar-refractivity contribution is 0.0112. The molecule has 5 nitrogen and oxygen atoms in total. The van der Waals surface area contributed by atoms with E-state index in [0.717, 1.165) is 31.6 Å². The van der Waals surface area contributed by atoms with Gasteiger partial charge in [0.25, 0.3) is 0 Å². The molecule has 2 heterocycles. The molecule has 1 unspecified atom stereocenters. The quantitative estimate of drug-likeness (QED) is 0.928. The number of aromatic nitrogens is 2. The smallest absolute Gasteiger partial charge is 0.180 e. The molecule has 1 radical (unpaired) electrons. The van der Waals surface area contributed by atoms with Crippen LogP contribution in [-0.4, -0.2) is 16.8 Å². The maximum Gasteiger partial charge on any atom is 0.180 e. The Hall–Kier alpha value is -2.32. The van der Waals surface area contributed by atoms with Crippen molar-refractivity contribution >= 4 is 0 Å². The molecule has 3 rings (SSSR count). The number of benzene rings is 1. The summed E-state index contributed by atoms with van der Waals surface area (Å²) in [5.41, 5.74) is 1.43. The summed E-state index contributed by atoms with van der Waals surface area (Å²) in [6.45, 7) is 0.764. The highest BCUT2D eigenvalue weighted by Gasteiger charge is 2.22. The standard InChI is InChI=1S/C15H14N3O2/c16-9-11-4-6-12(7-5-11)20-14-10-17-18-15(14)13-3-1-2-8-19-13/h4-7,13H,1-3,8H2,(H,17,18). The van der Waals surface area contributed by atoms with Gasteiger partial charge in [-0.2, -0.15) is 10.4 Å². The van der Waals surface area contributed by atoms with Crippen molar-refractivity contribution in [3.8, 4) is 17.6 Å². The minimum atomic E-state index is -0.00381. The third-order valence-electron chi connectivity index (χ3n) is 3.28. The normalized spacial score (nSPS) is 18.4. The lowest BCUT2D eigenvalue weighted by Crippen LogP contribution is -2.12. The topological polar surface area (TPSA) is 70.9 Å². The second-order valence-electron chi connectivity index (χ2n) is 4.67. The SMILES string of the molecule is N#Cc1ccc(Oc2[c]n[nH]c2C2CCCCO2)cc1. The third kappa shape index (κ3) is 2.65. The van der Waals surface area contributed by atoms with Gasteiger partial charge >= 0.3 is 0 Å². The Morgan fingerprint density at radius 1 is 1.35 bits per heavy atom. The second kappa shape index (κ2) is 5.76. The molecule has 1 saturated heterocycles. The van der Waals surface area contributed by atoms with Gasteiger partial charge in [0, 0.05) is 6.61 Å². The fourth-order valence-electron chi connectivity index (χ4n) is 2.23. The van der Waals surface area contributed by atoms with Crippen LogP contribution in [0.3, 0.4) is 0 Å². The van der Waals surface area contributed by atoms with Gasteiger partial charge in [-0.1, -0.05) is 0 Å². The van der Waals surface area contributed by atoms with Crippen LogP contribution in [0.2, 0.25) is 0 Å². The van der Waals surface area contributed by atoms with Gasteiger partial charge in [-0.15, -0.1) is 0 Å². The molecule has 1 aromatic heterocycles. The van der Waals surface area contributed by atoms with E-state index in [9.17, 15) is 0 Å². The number of nitriles is 1. The largest absolute Gasteiger partial charge is 0.453 e. The summed E-state index contributed by atoms with van der Waals surface area (Å²) in [5, 5.41) is 15.6. The summed E-state index contributed by atoms with van der Waals surface area (Å²) in [6, 6.07) is 9.01. The summed E-state index contributed by atoms with van der Waals surface area (Å²) >= 11 is 0. The molecule has 20 heavy (non-hydrogen) atoms. The summed E-state index contributed by atoms with van der Waals surface area (Å²) < 4.78 is 11.5. The zero-order chi connectivity index (χ0) is 13.8. The molecule has 0 amide bonds.